The number of halogens is 1. The number of aliphatic hydroxyl groups is 3. The Labute approximate surface area is 112 Å². The molecule has 19 heavy (non-hydrogen) atoms. The topological polar surface area (TPSA) is 114 Å². The third-order valence-electron chi connectivity index (χ3n) is 3.11. The van der Waals surface area contributed by atoms with Crippen LogP contribution in [0.15, 0.2) is 12.7 Å². The minimum atomic E-state index is -1.19. The SMILES string of the molecule is OC[C@H]1O[C@@H](n2cnc3c(Cl)[15n]c[15n]c32)[C@H](O)[C@H]1O. The van der Waals surface area contributed by atoms with E-state index in [-0.39, 0.29) is 5.15 Å². The third-order valence-corrected chi connectivity index (χ3v) is 3.38. The molecule has 0 unspecified atom stereocenters. The highest BCUT2D eigenvalue weighted by molar-refractivity contribution is 6.33. The number of rotatable bonds is 2. The predicted molar refractivity (Wildman–Crippen MR) is 63.3 cm³/mol. The first-order valence-corrected chi connectivity index (χ1v) is 5.96. The number of hydrogen-bond donors (Lipinski definition) is 3. The number of aromatic nitrogens is 4. The lowest BCUT2D eigenvalue weighted by Gasteiger charge is -2.16. The molecule has 0 saturated carbocycles. The van der Waals surface area contributed by atoms with Gasteiger partial charge < -0.3 is 20.1 Å². The fraction of sp³-hybridized carbons (Fsp3) is 0.500. The molecule has 9 heteroatoms. The molecule has 2 aromatic rings. The molecule has 0 amide bonds. The molecule has 0 bridgehead atoms. The lowest BCUT2D eigenvalue weighted by atomic mass is 10.1. The summed E-state index contributed by atoms with van der Waals surface area (Å²) in [7, 11) is 0. The molecular weight excluding hydrogens is 278 g/mol. The fourth-order valence-electron chi connectivity index (χ4n) is 2.12. The van der Waals surface area contributed by atoms with Crippen LogP contribution in [0.5, 0.6) is 0 Å². The van der Waals surface area contributed by atoms with Crippen LogP contribution in [0.2, 0.25) is 5.15 Å². The Kier molecular flexibility index (Phi) is 3.11. The molecule has 1 aliphatic rings. The molecule has 2 aromatic heterocycles. The van der Waals surface area contributed by atoms with Crippen molar-refractivity contribution in [2.45, 2.75) is 24.5 Å². The van der Waals surface area contributed by atoms with Gasteiger partial charge in [0.2, 0.25) is 0 Å². The largest absolute Gasteiger partial charge is 0.394 e. The van der Waals surface area contributed by atoms with E-state index in [4.69, 9.17) is 21.4 Å². The van der Waals surface area contributed by atoms with E-state index in [9.17, 15) is 10.2 Å². The lowest BCUT2D eigenvalue weighted by Crippen LogP contribution is -2.33. The third kappa shape index (κ3) is 1.88. The summed E-state index contributed by atoms with van der Waals surface area (Å²) >= 11 is 5.88. The molecule has 4 atom stereocenters. The van der Waals surface area contributed by atoms with E-state index >= 15 is 0 Å². The standard InChI is InChI=1S/C10H11ClN4O4/c11-8-5-9(13-2-12-8)15(3-14-5)10-7(18)6(17)4(1-16)19-10/h2-4,6-7,10,16-18H,1H2/t4-,6+,7-,10-/m1/s1/i12+1,13+1. The normalized spacial score (nSPS) is 31.2. The van der Waals surface area contributed by atoms with Crippen LogP contribution < -0.4 is 0 Å². The van der Waals surface area contributed by atoms with Crippen molar-refractivity contribution in [3.05, 3.63) is 17.8 Å². The monoisotopic (exact) mass is 288 g/mol. The van der Waals surface area contributed by atoms with Crippen LogP contribution in [0.1, 0.15) is 6.23 Å². The minimum Gasteiger partial charge on any atom is -0.394 e. The van der Waals surface area contributed by atoms with Gasteiger partial charge in [-0.25, -0.2) is 15.0 Å². The van der Waals surface area contributed by atoms with Crippen molar-refractivity contribution in [3.63, 3.8) is 0 Å². The van der Waals surface area contributed by atoms with Gasteiger partial charge in [0.15, 0.2) is 17.0 Å². The highest BCUT2D eigenvalue weighted by Gasteiger charge is 2.43. The number of aliphatic hydroxyl groups excluding tert-OH is 3. The van der Waals surface area contributed by atoms with Crippen LogP contribution in [-0.2, 0) is 4.74 Å². The molecule has 0 aromatic carbocycles. The van der Waals surface area contributed by atoms with Crippen molar-refractivity contribution < 1.29 is 20.1 Å². The van der Waals surface area contributed by atoms with Gasteiger partial charge in [0.1, 0.15) is 30.2 Å². The molecule has 1 saturated heterocycles. The van der Waals surface area contributed by atoms with Crippen LogP contribution in [0.3, 0.4) is 0 Å². The maximum absolute atomic E-state index is 9.95. The molecule has 3 heterocycles. The molecule has 0 radical (unpaired) electrons. The molecule has 3 N–H and O–H groups in total. The van der Waals surface area contributed by atoms with E-state index in [0.717, 1.165) is 0 Å². The maximum atomic E-state index is 9.95. The molecule has 0 spiro atoms. The van der Waals surface area contributed by atoms with Gasteiger partial charge in [-0.1, -0.05) is 11.6 Å². The first-order chi connectivity index (χ1) is 9.13. The van der Waals surface area contributed by atoms with Crippen molar-refractivity contribution in [1.82, 2.24) is 19.5 Å². The Morgan fingerprint density at radius 3 is 2.74 bits per heavy atom. The summed E-state index contributed by atoms with van der Waals surface area (Å²) in [6.07, 6.45) is -1.44. The molecule has 1 fully saturated rings. The first kappa shape index (κ1) is 12.7. The molecule has 8 nitrogen and oxygen atoms in total. The molecule has 0 aliphatic carbocycles. The minimum absolute atomic E-state index is 0.190. The Balaban J connectivity index is 2.04. The van der Waals surface area contributed by atoms with Crippen molar-refractivity contribution in [2.75, 3.05) is 6.61 Å². The lowest BCUT2D eigenvalue weighted by molar-refractivity contribution is -0.0511. The van der Waals surface area contributed by atoms with Crippen molar-refractivity contribution in [3.8, 4) is 0 Å². The second-order valence-corrected chi connectivity index (χ2v) is 4.58. The zero-order valence-corrected chi connectivity index (χ0v) is 10.3. The van der Waals surface area contributed by atoms with Gasteiger partial charge >= 0.3 is 0 Å². The summed E-state index contributed by atoms with van der Waals surface area (Å²) in [5.74, 6) is 0. The number of ether oxygens (including phenoxy) is 1. The highest BCUT2D eigenvalue weighted by Crippen LogP contribution is 2.31. The number of imidazole rings is 1. The summed E-state index contributed by atoms with van der Waals surface area (Å²) in [6.45, 7) is -0.392. The van der Waals surface area contributed by atoms with E-state index in [2.05, 4.69) is 15.0 Å². The Morgan fingerprint density at radius 1 is 1.26 bits per heavy atom. The van der Waals surface area contributed by atoms with Crippen LogP contribution in [0.25, 0.3) is 11.2 Å². The zero-order chi connectivity index (χ0) is 13.6. The average Bonchev–Trinajstić information content (AvgIpc) is 2.94. The quantitative estimate of drug-likeness (QED) is 0.613. The van der Waals surface area contributed by atoms with E-state index in [1.165, 1.54) is 17.2 Å². The summed E-state index contributed by atoms with van der Waals surface area (Å²) in [5.41, 5.74) is 0.761. The smallest absolute Gasteiger partial charge is 0.167 e. The van der Waals surface area contributed by atoms with Crippen molar-refractivity contribution in [2.24, 2.45) is 0 Å². The van der Waals surface area contributed by atoms with Crippen LogP contribution in [0.4, 0.5) is 0 Å². The van der Waals surface area contributed by atoms with Gasteiger partial charge in [0.25, 0.3) is 0 Å². The van der Waals surface area contributed by atoms with Gasteiger partial charge in [-0.3, -0.25) is 4.57 Å². The fourth-order valence-corrected chi connectivity index (χ4v) is 2.30. The molecule has 1 aliphatic heterocycles. The van der Waals surface area contributed by atoms with Gasteiger partial charge in [-0.2, -0.15) is 0 Å². The van der Waals surface area contributed by atoms with Crippen molar-refractivity contribution >= 4 is 22.8 Å². The van der Waals surface area contributed by atoms with E-state index in [1.807, 2.05) is 0 Å². The molecule has 3 rings (SSSR count). The average molecular weight is 289 g/mol. The van der Waals surface area contributed by atoms with Gasteiger partial charge in [0.05, 0.1) is 12.9 Å². The Morgan fingerprint density at radius 2 is 2.05 bits per heavy atom. The van der Waals surface area contributed by atoms with E-state index < -0.39 is 31.1 Å². The number of nitrogens with zero attached hydrogens (tertiary/aromatic N) is 4. The maximum Gasteiger partial charge on any atom is 0.167 e. The van der Waals surface area contributed by atoms with Crippen molar-refractivity contribution in [1.29, 1.82) is 0 Å². The zero-order valence-electron chi connectivity index (χ0n) is 9.59. The van der Waals surface area contributed by atoms with Gasteiger partial charge in [-0.15, -0.1) is 0 Å². The number of hydrogen-bond acceptors (Lipinski definition) is 7. The van der Waals surface area contributed by atoms with Crippen LogP contribution >= 0.6 is 11.6 Å². The predicted octanol–water partition coefficient (Wildman–Crippen LogP) is -0.909. The van der Waals surface area contributed by atoms with E-state index in [0.29, 0.717) is 11.2 Å². The second-order valence-electron chi connectivity index (χ2n) is 4.22. The Hall–Kier alpha value is -1.32. The summed E-state index contributed by atoms with van der Waals surface area (Å²) in [4.78, 5) is 11.9. The first-order valence-electron chi connectivity index (χ1n) is 5.59. The highest BCUT2D eigenvalue weighted by atomic mass is 35.5. The summed E-state index contributed by atoms with van der Waals surface area (Å²) in [6, 6.07) is 0. The molecular formula is C10H11ClN4O4. The van der Waals surface area contributed by atoms with Crippen LogP contribution in [0, 0.1) is 0 Å². The second kappa shape index (κ2) is 4.66. The van der Waals surface area contributed by atoms with Gasteiger partial charge in [0, 0.05) is 0 Å². The van der Waals surface area contributed by atoms with Crippen LogP contribution in [-0.4, -0.2) is 59.8 Å². The van der Waals surface area contributed by atoms with Gasteiger partial charge in [-0.05, 0) is 0 Å². The molecule has 102 valence electrons. The number of fused-ring (bicyclic) bond motifs is 1. The summed E-state index contributed by atoms with van der Waals surface area (Å²) < 4.78 is 6.85. The summed E-state index contributed by atoms with van der Waals surface area (Å²) in [5, 5.41) is 28.9. The van der Waals surface area contributed by atoms with E-state index in [1.54, 1.807) is 0 Å². The Bertz CT molecular complexity index is 606.